The van der Waals surface area contributed by atoms with Gasteiger partial charge in [0.05, 0.1) is 26.2 Å². The number of ether oxygens (including phenoxy) is 2. The molecule has 0 spiro atoms. The van der Waals surface area contributed by atoms with Gasteiger partial charge in [0.15, 0.2) is 0 Å². The lowest BCUT2D eigenvalue weighted by Crippen LogP contribution is -2.42. The quantitative estimate of drug-likeness (QED) is 0.813. The third kappa shape index (κ3) is 4.63. The Morgan fingerprint density at radius 3 is 2.33 bits per heavy atom. The summed E-state index contributed by atoms with van der Waals surface area (Å²) < 4.78 is 10.2. The second-order valence-corrected chi connectivity index (χ2v) is 5.31. The molecule has 6 nitrogen and oxygen atoms in total. The molecule has 0 atom stereocenters. The number of hydrazine groups is 1. The standard InChI is InChI=1S/C17H17ClN2O4/c1-23-13-7-8-15(24-2)14(10-13)17(22)20-19-16(21)9-11-3-5-12(18)6-4-11/h3-8,10H,9H2,1-2H3,(H,19,21)(H,20,22). The van der Waals surface area contributed by atoms with Crippen LogP contribution >= 0.6 is 11.6 Å². The van der Waals surface area contributed by atoms with Crippen LogP contribution < -0.4 is 20.3 Å². The molecule has 0 aliphatic rings. The Kier molecular flexibility index (Phi) is 6.03. The van der Waals surface area contributed by atoms with E-state index in [1.807, 2.05) is 0 Å². The van der Waals surface area contributed by atoms with Crippen LogP contribution in [0.15, 0.2) is 42.5 Å². The SMILES string of the molecule is COc1ccc(OC)c(C(=O)NNC(=O)Cc2ccc(Cl)cc2)c1. The van der Waals surface area contributed by atoms with E-state index in [0.29, 0.717) is 16.5 Å². The highest BCUT2D eigenvalue weighted by Gasteiger charge is 2.14. The molecule has 2 N–H and O–H groups in total. The Labute approximate surface area is 144 Å². The molecule has 0 aliphatic heterocycles. The van der Waals surface area contributed by atoms with Crippen molar-refractivity contribution in [1.29, 1.82) is 0 Å². The minimum atomic E-state index is -0.504. The van der Waals surface area contributed by atoms with E-state index >= 15 is 0 Å². The van der Waals surface area contributed by atoms with E-state index < -0.39 is 5.91 Å². The summed E-state index contributed by atoms with van der Waals surface area (Å²) in [7, 11) is 2.95. The lowest BCUT2D eigenvalue weighted by atomic mass is 10.1. The van der Waals surface area contributed by atoms with Gasteiger partial charge in [0, 0.05) is 5.02 Å². The molecule has 7 heteroatoms. The van der Waals surface area contributed by atoms with E-state index in [2.05, 4.69) is 10.9 Å². The van der Waals surface area contributed by atoms with Crippen LogP contribution in [0.3, 0.4) is 0 Å². The molecule has 0 fully saturated rings. The minimum absolute atomic E-state index is 0.118. The Morgan fingerprint density at radius 1 is 1.00 bits per heavy atom. The third-order valence-corrected chi connectivity index (χ3v) is 3.50. The van der Waals surface area contributed by atoms with E-state index in [1.54, 1.807) is 36.4 Å². The monoisotopic (exact) mass is 348 g/mol. The third-order valence-electron chi connectivity index (χ3n) is 3.24. The maximum absolute atomic E-state index is 12.2. The molecule has 2 aromatic rings. The minimum Gasteiger partial charge on any atom is -0.497 e. The number of hydrogen-bond donors (Lipinski definition) is 2. The van der Waals surface area contributed by atoms with E-state index in [9.17, 15) is 9.59 Å². The van der Waals surface area contributed by atoms with Crippen molar-refractivity contribution >= 4 is 23.4 Å². The molecular weight excluding hydrogens is 332 g/mol. The number of benzene rings is 2. The fourth-order valence-corrected chi connectivity index (χ4v) is 2.14. The summed E-state index contributed by atoms with van der Waals surface area (Å²) in [5.41, 5.74) is 5.76. The van der Waals surface area contributed by atoms with Crippen LogP contribution in [0.5, 0.6) is 11.5 Å². The van der Waals surface area contributed by atoms with Crippen LogP contribution in [0.25, 0.3) is 0 Å². The van der Waals surface area contributed by atoms with Crippen molar-refractivity contribution in [3.05, 3.63) is 58.6 Å². The van der Waals surface area contributed by atoms with Crippen LogP contribution in [0, 0.1) is 0 Å². The van der Waals surface area contributed by atoms with E-state index in [0.717, 1.165) is 5.56 Å². The van der Waals surface area contributed by atoms with Gasteiger partial charge in [0.25, 0.3) is 5.91 Å². The van der Waals surface area contributed by atoms with Gasteiger partial charge in [-0.15, -0.1) is 0 Å². The summed E-state index contributed by atoms with van der Waals surface area (Å²) in [6, 6.07) is 11.7. The van der Waals surface area contributed by atoms with Gasteiger partial charge in [-0.3, -0.25) is 20.4 Å². The van der Waals surface area contributed by atoms with Gasteiger partial charge in [0.2, 0.25) is 5.91 Å². The lowest BCUT2D eigenvalue weighted by Gasteiger charge is -2.11. The number of hydrogen-bond acceptors (Lipinski definition) is 4. The smallest absolute Gasteiger partial charge is 0.273 e. The summed E-state index contributed by atoms with van der Waals surface area (Å²) in [6.45, 7) is 0. The Bertz CT molecular complexity index is 732. The number of methoxy groups -OCH3 is 2. The molecule has 2 amide bonds. The van der Waals surface area contributed by atoms with Crippen LogP contribution in [-0.4, -0.2) is 26.0 Å². The summed E-state index contributed by atoms with van der Waals surface area (Å²) in [4.78, 5) is 24.1. The van der Waals surface area contributed by atoms with Gasteiger partial charge in [0.1, 0.15) is 11.5 Å². The van der Waals surface area contributed by atoms with Gasteiger partial charge >= 0.3 is 0 Å². The Balaban J connectivity index is 1.97. The van der Waals surface area contributed by atoms with Gasteiger partial charge in [-0.05, 0) is 35.9 Å². The summed E-state index contributed by atoms with van der Waals surface area (Å²) in [5.74, 6) is 0.0245. The number of rotatable bonds is 5. The average Bonchev–Trinajstić information content (AvgIpc) is 2.61. The number of carbonyl (C=O) groups excluding carboxylic acids is 2. The van der Waals surface area contributed by atoms with Crippen molar-refractivity contribution in [2.24, 2.45) is 0 Å². The second-order valence-electron chi connectivity index (χ2n) is 4.87. The topological polar surface area (TPSA) is 76.7 Å². The molecule has 0 radical (unpaired) electrons. The van der Waals surface area contributed by atoms with Crippen LogP contribution in [-0.2, 0) is 11.2 Å². The first kappa shape index (κ1) is 17.6. The number of halogens is 1. The lowest BCUT2D eigenvalue weighted by molar-refractivity contribution is -0.121. The Hall–Kier alpha value is -2.73. The summed E-state index contributed by atoms with van der Waals surface area (Å²) in [6.07, 6.45) is 0.118. The normalized spacial score (nSPS) is 9.96. The van der Waals surface area contributed by atoms with E-state index in [1.165, 1.54) is 20.3 Å². The Morgan fingerprint density at radius 2 is 1.71 bits per heavy atom. The van der Waals surface area contributed by atoms with Crippen molar-refractivity contribution in [1.82, 2.24) is 10.9 Å². The summed E-state index contributed by atoms with van der Waals surface area (Å²) in [5, 5.41) is 0.595. The molecule has 24 heavy (non-hydrogen) atoms. The van der Waals surface area contributed by atoms with Crippen molar-refractivity contribution in [2.45, 2.75) is 6.42 Å². The fraction of sp³-hybridized carbons (Fsp3) is 0.176. The predicted molar refractivity (Wildman–Crippen MR) is 90.3 cm³/mol. The molecule has 2 rings (SSSR count). The molecule has 2 aromatic carbocycles. The van der Waals surface area contributed by atoms with E-state index in [4.69, 9.17) is 21.1 Å². The number of amides is 2. The first-order valence-corrected chi connectivity index (χ1v) is 7.47. The zero-order valence-electron chi connectivity index (χ0n) is 13.3. The van der Waals surface area contributed by atoms with Gasteiger partial charge < -0.3 is 9.47 Å². The van der Waals surface area contributed by atoms with Gasteiger partial charge in [-0.2, -0.15) is 0 Å². The molecule has 0 bridgehead atoms. The predicted octanol–water partition coefficient (Wildman–Crippen LogP) is 2.36. The summed E-state index contributed by atoms with van der Waals surface area (Å²) >= 11 is 5.79. The van der Waals surface area contributed by atoms with Crippen molar-refractivity contribution in [3.63, 3.8) is 0 Å². The van der Waals surface area contributed by atoms with Gasteiger partial charge in [-0.25, -0.2) is 0 Å². The first-order chi connectivity index (χ1) is 11.5. The first-order valence-electron chi connectivity index (χ1n) is 7.09. The average molecular weight is 349 g/mol. The number of nitrogens with one attached hydrogen (secondary N) is 2. The highest BCUT2D eigenvalue weighted by molar-refractivity contribution is 6.30. The highest BCUT2D eigenvalue weighted by Crippen LogP contribution is 2.23. The van der Waals surface area contributed by atoms with Crippen molar-refractivity contribution in [3.8, 4) is 11.5 Å². The van der Waals surface area contributed by atoms with E-state index in [-0.39, 0.29) is 17.9 Å². The molecule has 0 aliphatic carbocycles. The molecular formula is C17H17ClN2O4. The highest BCUT2D eigenvalue weighted by atomic mass is 35.5. The largest absolute Gasteiger partial charge is 0.497 e. The second kappa shape index (κ2) is 8.21. The van der Waals surface area contributed by atoms with Crippen LogP contribution in [0.2, 0.25) is 5.02 Å². The zero-order chi connectivity index (χ0) is 17.5. The van der Waals surface area contributed by atoms with Crippen LogP contribution in [0.1, 0.15) is 15.9 Å². The molecule has 126 valence electrons. The molecule has 0 saturated carbocycles. The molecule has 0 heterocycles. The molecule has 0 saturated heterocycles. The van der Waals surface area contributed by atoms with Crippen LogP contribution in [0.4, 0.5) is 0 Å². The van der Waals surface area contributed by atoms with Crippen molar-refractivity contribution < 1.29 is 19.1 Å². The zero-order valence-corrected chi connectivity index (χ0v) is 14.0. The molecule has 0 aromatic heterocycles. The van der Waals surface area contributed by atoms with Crippen molar-refractivity contribution in [2.75, 3.05) is 14.2 Å². The molecule has 0 unspecified atom stereocenters. The van der Waals surface area contributed by atoms with Gasteiger partial charge in [-0.1, -0.05) is 23.7 Å². The fourth-order valence-electron chi connectivity index (χ4n) is 2.02. The maximum atomic E-state index is 12.2. The number of carbonyl (C=O) groups is 2. The maximum Gasteiger partial charge on any atom is 0.273 e.